The predicted molar refractivity (Wildman–Crippen MR) is 72.2 cm³/mol. The van der Waals surface area contributed by atoms with Gasteiger partial charge in [0.25, 0.3) is 0 Å². The smallest absolute Gasteiger partial charge is 0.328 e. The molecule has 1 saturated carbocycles. The molecule has 1 aliphatic heterocycles. The Bertz CT molecular complexity index is 496. The fourth-order valence-electron chi connectivity index (χ4n) is 3.29. The first kappa shape index (κ1) is 14.9. The van der Waals surface area contributed by atoms with Crippen molar-refractivity contribution in [1.29, 1.82) is 0 Å². The van der Waals surface area contributed by atoms with Crippen molar-refractivity contribution >= 4 is 11.8 Å². The van der Waals surface area contributed by atoms with Crippen LogP contribution in [0.1, 0.15) is 33.6 Å². The number of Topliss-reactive ketones (excluding diaryl/α,β-unsaturated/α-hetero) is 1. The normalized spacial score (nSPS) is 41.4. The minimum atomic E-state index is -1.28. The summed E-state index contributed by atoms with van der Waals surface area (Å²) in [5, 5.41) is 19.7. The molecule has 0 aromatic carbocycles. The number of hydrogen-bond donors (Lipinski definition) is 2. The number of carbonyl (C=O) groups excluding carboxylic acids is 1. The minimum absolute atomic E-state index is 0.0865. The molecule has 20 heavy (non-hydrogen) atoms. The van der Waals surface area contributed by atoms with Gasteiger partial charge in [0.2, 0.25) is 0 Å². The molecule has 2 aliphatic rings. The zero-order chi connectivity index (χ0) is 15.2. The molecule has 0 amide bonds. The maximum atomic E-state index is 11.8. The van der Waals surface area contributed by atoms with Crippen molar-refractivity contribution < 1.29 is 24.5 Å². The SMILES string of the molecule is CC(C=C[C@]1(O)[C@@]2(C)CO[C@@]1(C)CC(=O)C2)=CC(=O)O. The van der Waals surface area contributed by atoms with Crippen molar-refractivity contribution in [3.63, 3.8) is 0 Å². The van der Waals surface area contributed by atoms with Crippen LogP contribution in [0.25, 0.3) is 0 Å². The first-order valence-corrected chi connectivity index (χ1v) is 6.60. The molecular formula is C15H20O5. The largest absolute Gasteiger partial charge is 0.478 e. The van der Waals surface area contributed by atoms with E-state index in [0.29, 0.717) is 12.2 Å². The maximum absolute atomic E-state index is 11.8. The van der Waals surface area contributed by atoms with E-state index in [1.807, 2.05) is 6.92 Å². The highest BCUT2D eigenvalue weighted by atomic mass is 16.5. The molecule has 2 bridgehead atoms. The summed E-state index contributed by atoms with van der Waals surface area (Å²) in [7, 11) is 0. The number of aliphatic hydroxyl groups is 1. The summed E-state index contributed by atoms with van der Waals surface area (Å²) in [5.74, 6) is -0.946. The molecule has 2 fully saturated rings. The number of fused-ring (bicyclic) bond motifs is 2. The van der Waals surface area contributed by atoms with Crippen molar-refractivity contribution in [2.75, 3.05) is 6.61 Å². The van der Waals surface area contributed by atoms with Gasteiger partial charge in [-0.25, -0.2) is 4.79 Å². The topological polar surface area (TPSA) is 83.8 Å². The minimum Gasteiger partial charge on any atom is -0.478 e. The number of rotatable bonds is 3. The lowest BCUT2D eigenvalue weighted by atomic mass is 9.59. The van der Waals surface area contributed by atoms with Gasteiger partial charge >= 0.3 is 5.97 Å². The number of allylic oxidation sites excluding steroid dienone is 2. The standard InChI is InChI=1S/C15H20O5/c1-10(6-12(17)18)4-5-15(19)13(2)7-11(16)8-14(15,3)20-9-13/h4-6,19H,7-9H2,1-3H3,(H,17,18)/t13-,14+,15+/m1/s1. The Hall–Kier alpha value is -1.46. The molecule has 5 nitrogen and oxygen atoms in total. The molecule has 0 aromatic heterocycles. The molecule has 5 heteroatoms. The molecular weight excluding hydrogens is 260 g/mol. The number of carbonyl (C=O) groups is 2. The zero-order valence-corrected chi connectivity index (χ0v) is 12.0. The Morgan fingerprint density at radius 2 is 2.00 bits per heavy atom. The predicted octanol–water partition coefficient (Wildman–Crippen LogP) is 1.46. The van der Waals surface area contributed by atoms with Crippen LogP contribution in [0.15, 0.2) is 23.8 Å². The van der Waals surface area contributed by atoms with Gasteiger partial charge in [-0.1, -0.05) is 13.0 Å². The van der Waals surface area contributed by atoms with Crippen LogP contribution in [-0.2, 0) is 14.3 Å². The lowest BCUT2D eigenvalue weighted by molar-refractivity contribution is -0.151. The van der Waals surface area contributed by atoms with Gasteiger partial charge in [0, 0.05) is 24.3 Å². The molecule has 1 heterocycles. The van der Waals surface area contributed by atoms with E-state index in [-0.39, 0.29) is 18.6 Å². The van der Waals surface area contributed by atoms with Crippen LogP contribution in [0, 0.1) is 5.41 Å². The van der Waals surface area contributed by atoms with Crippen molar-refractivity contribution in [2.24, 2.45) is 5.41 Å². The lowest BCUT2D eigenvalue weighted by Crippen LogP contribution is -2.60. The molecule has 1 aliphatic carbocycles. The molecule has 0 aromatic rings. The van der Waals surface area contributed by atoms with Crippen molar-refractivity contribution in [2.45, 2.75) is 44.8 Å². The molecule has 1 saturated heterocycles. The summed E-state index contributed by atoms with van der Waals surface area (Å²) in [6.07, 6.45) is 4.67. The van der Waals surface area contributed by atoms with E-state index in [4.69, 9.17) is 9.84 Å². The van der Waals surface area contributed by atoms with Gasteiger partial charge in [-0.15, -0.1) is 0 Å². The lowest BCUT2D eigenvalue weighted by Gasteiger charge is -2.47. The molecule has 2 N–H and O–H groups in total. The number of ether oxygens (including phenoxy) is 1. The highest BCUT2D eigenvalue weighted by molar-refractivity contribution is 5.83. The van der Waals surface area contributed by atoms with Crippen molar-refractivity contribution in [3.05, 3.63) is 23.8 Å². The second kappa shape index (κ2) is 4.53. The van der Waals surface area contributed by atoms with Crippen LogP contribution >= 0.6 is 0 Å². The summed E-state index contributed by atoms with van der Waals surface area (Å²) in [6, 6.07) is 0. The van der Waals surface area contributed by atoms with Gasteiger partial charge in [-0.2, -0.15) is 0 Å². The average Bonchev–Trinajstić information content (AvgIpc) is 2.43. The van der Waals surface area contributed by atoms with Gasteiger partial charge in [0.15, 0.2) is 0 Å². The van der Waals surface area contributed by atoms with Gasteiger partial charge in [0.1, 0.15) is 17.0 Å². The fourth-order valence-corrected chi connectivity index (χ4v) is 3.29. The van der Waals surface area contributed by atoms with E-state index < -0.39 is 22.6 Å². The summed E-state index contributed by atoms with van der Waals surface area (Å²) in [6.45, 7) is 5.53. The first-order valence-electron chi connectivity index (χ1n) is 6.60. The van der Waals surface area contributed by atoms with E-state index in [1.165, 1.54) is 0 Å². The van der Waals surface area contributed by atoms with E-state index in [1.54, 1.807) is 26.0 Å². The summed E-state index contributed by atoms with van der Waals surface area (Å²) < 4.78 is 5.71. The molecule has 110 valence electrons. The molecule has 0 unspecified atom stereocenters. The van der Waals surface area contributed by atoms with Crippen LogP contribution < -0.4 is 0 Å². The summed E-state index contributed by atoms with van der Waals surface area (Å²) in [4.78, 5) is 22.4. The first-order chi connectivity index (χ1) is 9.12. The molecule has 2 rings (SSSR count). The number of ketones is 1. The third-order valence-corrected chi connectivity index (χ3v) is 4.50. The zero-order valence-electron chi connectivity index (χ0n) is 12.0. The van der Waals surface area contributed by atoms with Gasteiger partial charge < -0.3 is 14.9 Å². The van der Waals surface area contributed by atoms with E-state index >= 15 is 0 Å². The van der Waals surface area contributed by atoms with Crippen LogP contribution in [0.4, 0.5) is 0 Å². The molecule has 3 atom stereocenters. The van der Waals surface area contributed by atoms with E-state index in [9.17, 15) is 14.7 Å². The number of hydrogen-bond acceptors (Lipinski definition) is 4. The number of aliphatic carboxylic acids is 1. The molecule has 0 spiro atoms. The van der Waals surface area contributed by atoms with Crippen LogP contribution in [0.3, 0.4) is 0 Å². The Kier molecular flexibility index (Phi) is 3.38. The maximum Gasteiger partial charge on any atom is 0.328 e. The fraction of sp³-hybridized carbons (Fsp3) is 0.600. The third-order valence-electron chi connectivity index (χ3n) is 4.50. The highest BCUT2D eigenvalue weighted by Crippen LogP contribution is 2.56. The van der Waals surface area contributed by atoms with Gasteiger partial charge in [-0.05, 0) is 25.5 Å². The summed E-state index contributed by atoms with van der Waals surface area (Å²) in [5.41, 5.74) is -2.37. The van der Waals surface area contributed by atoms with Gasteiger partial charge in [-0.3, -0.25) is 4.79 Å². The highest BCUT2D eigenvalue weighted by Gasteiger charge is 2.67. The Morgan fingerprint density at radius 3 is 2.55 bits per heavy atom. The number of carboxylic acid groups (broad SMARTS) is 1. The molecule has 0 radical (unpaired) electrons. The Labute approximate surface area is 117 Å². The average molecular weight is 280 g/mol. The third kappa shape index (κ3) is 2.11. The summed E-state index contributed by atoms with van der Waals surface area (Å²) >= 11 is 0. The second-order valence-corrected chi connectivity index (χ2v) is 6.30. The quantitative estimate of drug-likeness (QED) is 0.604. The van der Waals surface area contributed by atoms with Gasteiger partial charge in [0.05, 0.1) is 6.61 Å². The number of carboxylic acids is 1. The Balaban J connectivity index is 2.36. The van der Waals surface area contributed by atoms with Crippen molar-refractivity contribution in [3.8, 4) is 0 Å². The van der Waals surface area contributed by atoms with Crippen LogP contribution in [0.5, 0.6) is 0 Å². The van der Waals surface area contributed by atoms with E-state index in [0.717, 1.165) is 6.08 Å². The van der Waals surface area contributed by atoms with Crippen LogP contribution in [0.2, 0.25) is 0 Å². The van der Waals surface area contributed by atoms with Crippen LogP contribution in [-0.4, -0.2) is 39.8 Å². The van der Waals surface area contributed by atoms with Crippen molar-refractivity contribution in [1.82, 2.24) is 0 Å². The Morgan fingerprint density at radius 1 is 1.35 bits per heavy atom. The van der Waals surface area contributed by atoms with E-state index in [2.05, 4.69) is 0 Å². The second-order valence-electron chi connectivity index (χ2n) is 6.30. The monoisotopic (exact) mass is 280 g/mol.